The Balaban J connectivity index is 2.03. The predicted octanol–water partition coefficient (Wildman–Crippen LogP) is 3.16. The summed E-state index contributed by atoms with van der Waals surface area (Å²) in [6.45, 7) is 0. The van der Waals surface area contributed by atoms with Gasteiger partial charge in [-0.05, 0) is 36.4 Å². The maximum Gasteiger partial charge on any atom is 0.176 e. The van der Waals surface area contributed by atoms with Gasteiger partial charge in [0, 0.05) is 18.0 Å². The number of H-pyrrole nitrogens is 1. The minimum atomic E-state index is 0.660. The van der Waals surface area contributed by atoms with Crippen LogP contribution in [0.15, 0.2) is 48.8 Å². The Kier molecular flexibility index (Phi) is 3.55. The lowest BCUT2D eigenvalue weighted by atomic mass is 10.1. The maximum atomic E-state index is 5.33. The number of nitrogens with one attached hydrogen (secondary N) is 1. The van der Waals surface area contributed by atoms with Gasteiger partial charge in [-0.3, -0.25) is 0 Å². The normalized spacial score (nSPS) is 10.4. The largest absolute Gasteiger partial charge is 0.493 e. The average molecular weight is 281 g/mol. The Bertz CT molecular complexity index is 739. The van der Waals surface area contributed by atoms with E-state index in [1.807, 2.05) is 42.6 Å². The Morgan fingerprint density at radius 1 is 1.00 bits per heavy atom. The average Bonchev–Trinajstić information content (AvgIpc) is 3.09. The summed E-state index contributed by atoms with van der Waals surface area (Å²) in [5.74, 6) is 2.03. The first-order chi connectivity index (χ1) is 10.3. The summed E-state index contributed by atoms with van der Waals surface area (Å²) in [6.07, 6.45) is 3.59. The number of aromatic amines is 1. The molecule has 21 heavy (non-hydrogen) atoms. The highest BCUT2D eigenvalue weighted by molar-refractivity contribution is 5.65. The van der Waals surface area contributed by atoms with Crippen LogP contribution in [0.3, 0.4) is 0 Å². The molecule has 0 aliphatic rings. The zero-order valence-corrected chi connectivity index (χ0v) is 11.8. The first kappa shape index (κ1) is 13.2. The summed E-state index contributed by atoms with van der Waals surface area (Å²) < 4.78 is 10.6. The van der Waals surface area contributed by atoms with Crippen molar-refractivity contribution in [3.8, 4) is 34.3 Å². The molecule has 3 aromatic rings. The monoisotopic (exact) mass is 281 g/mol. The van der Waals surface area contributed by atoms with Crippen molar-refractivity contribution in [1.82, 2.24) is 15.0 Å². The number of aromatic nitrogens is 3. The number of methoxy groups -OCH3 is 2. The third-order valence-corrected chi connectivity index (χ3v) is 3.17. The topological polar surface area (TPSA) is 60.0 Å². The molecule has 1 aromatic carbocycles. The molecular weight excluding hydrogens is 266 g/mol. The summed E-state index contributed by atoms with van der Waals surface area (Å²) >= 11 is 0. The van der Waals surface area contributed by atoms with Gasteiger partial charge in [0.2, 0.25) is 0 Å². The van der Waals surface area contributed by atoms with Crippen LogP contribution >= 0.6 is 0 Å². The molecule has 3 rings (SSSR count). The second-order valence-corrected chi connectivity index (χ2v) is 4.42. The smallest absolute Gasteiger partial charge is 0.176 e. The third kappa shape index (κ3) is 2.58. The van der Waals surface area contributed by atoms with Crippen molar-refractivity contribution < 1.29 is 9.47 Å². The second-order valence-electron chi connectivity index (χ2n) is 4.42. The van der Waals surface area contributed by atoms with E-state index in [1.165, 1.54) is 0 Å². The van der Waals surface area contributed by atoms with Gasteiger partial charge in [-0.15, -0.1) is 0 Å². The van der Waals surface area contributed by atoms with Crippen LogP contribution in [-0.2, 0) is 0 Å². The van der Waals surface area contributed by atoms with Gasteiger partial charge in [-0.1, -0.05) is 0 Å². The van der Waals surface area contributed by atoms with Gasteiger partial charge in [0.15, 0.2) is 17.3 Å². The summed E-state index contributed by atoms with van der Waals surface area (Å²) in [5.41, 5.74) is 2.66. The lowest BCUT2D eigenvalue weighted by Gasteiger charge is -2.09. The van der Waals surface area contributed by atoms with Crippen molar-refractivity contribution in [3.63, 3.8) is 0 Å². The zero-order valence-electron chi connectivity index (χ0n) is 11.8. The van der Waals surface area contributed by atoms with Crippen molar-refractivity contribution in [3.05, 3.63) is 48.8 Å². The van der Waals surface area contributed by atoms with Crippen LogP contribution in [-0.4, -0.2) is 29.2 Å². The van der Waals surface area contributed by atoms with Crippen LogP contribution in [0.25, 0.3) is 22.8 Å². The van der Waals surface area contributed by atoms with Gasteiger partial charge in [0.05, 0.1) is 25.6 Å². The SMILES string of the molecule is COc1ccc(-c2ccnc(-c3ccc[nH]3)n2)cc1OC. The van der Waals surface area contributed by atoms with Crippen LogP contribution < -0.4 is 9.47 Å². The fourth-order valence-corrected chi connectivity index (χ4v) is 2.11. The number of ether oxygens (including phenoxy) is 2. The van der Waals surface area contributed by atoms with Crippen LogP contribution in [0.2, 0.25) is 0 Å². The molecule has 0 fully saturated rings. The molecule has 0 spiro atoms. The molecule has 0 unspecified atom stereocenters. The zero-order chi connectivity index (χ0) is 14.7. The highest BCUT2D eigenvalue weighted by Crippen LogP contribution is 2.31. The predicted molar refractivity (Wildman–Crippen MR) is 80.4 cm³/mol. The molecule has 0 amide bonds. The van der Waals surface area contributed by atoms with E-state index in [2.05, 4.69) is 15.0 Å². The van der Waals surface area contributed by atoms with E-state index in [9.17, 15) is 0 Å². The molecule has 0 bridgehead atoms. The molecule has 1 N–H and O–H groups in total. The molecule has 0 saturated heterocycles. The fourth-order valence-electron chi connectivity index (χ4n) is 2.11. The molecular formula is C16H15N3O2. The number of hydrogen-bond donors (Lipinski definition) is 1. The van der Waals surface area contributed by atoms with E-state index in [0.717, 1.165) is 17.0 Å². The maximum absolute atomic E-state index is 5.33. The number of nitrogens with zero attached hydrogens (tertiary/aromatic N) is 2. The Labute approximate surface area is 122 Å². The van der Waals surface area contributed by atoms with E-state index in [1.54, 1.807) is 20.4 Å². The second kappa shape index (κ2) is 5.66. The van der Waals surface area contributed by atoms with Gasteiger partial charge in [0.1, 0.15) is 0 Å². The standard InChI is InChI=1S/C16H15N3O2/c1-20-14-6-5-11(10-15(14)21-2)12-7-9-18-16(19-12)13-4-3-8-17-13/h3-10,17H,1-2H3. The lowest BCUT2D eigenvalue weighted by molar-refractivity contribution is 0.355. The summed E-state index contributed by atoms with van der Waals surface area (Å²) in [5, 5.41) is 0. The van der Waals surface area contributed by atoms with E-state index < -0.39 is 0 Å². The molecule has 0 atom stereocenters. The molecule has 106 valence electrons. The Hall–Kier alpha value is -2.82. The van der Waals surface area contributed by atoms with Crippen molar-refractivity contribution >= 4 is 0 Å². The fraction of sp³-hybridized carbons (Fsp3) is 0.125. The van der Waals surface area contributed by atoms with Gasteiger partial charge in [-0.25, -0.2) is 9.97 Å². The minimum absolute atomic E-state index is 0.660. The van der Waals surface area contributed by atoms with E-state index >= 15 is 0 Å². The minimum Gasteiger partial charge on any atom is -0.493 e. The highest BCUT2D eigenvalue weighted by Gasteiger charge is 2.09. The molecule has 5 nitrogen and oxygen atoms in total. The Morgan fingerprint density at radius 3 is 2.57 bits per heavy atom. The van der Waals surface area contributed by atoms with Crippen molar-refractivity contribution in [2.45, 2.75) is 0 Å². The van der Waals surface area contributed by atoms with E-state index in [0.29, 0.717) is 17.3 Å². The number of benzene rings is 1. The molecule has 0 radical (unpaired) electrons. The molecule has 0 aliphatic heterocycles. The summed E-state index contributed by atoms with van der Waals surface area (Å²) in [4.78, 5) is 12.0. The number of rotatable bonds is 4. The Morgan fingerprint density at radius 2 is 1.86 bits per heavy atom. The van der Waals surface area contributed by atoms with Crippen molar-refractivity contribution in [2.24, 2.45) is 0 Å². The molecule has 5 heteroatoms. The summed E-state index contributed by atoms with van der Waals surface area (Å²) in [6, 6.07) is 11.4. The van der Waals surface area contributed by atoms with Gasteiger partial charge in [0.25, 0.3) is 0 Å². The molecule has 0 saturated carbocycles. The molecule has 2 aromatic heterocycles. The van der Waals surface area contributed by atoms with E-state index in [-0.39, 0.29) is 0 Å². The summed E-state index contributed by atoms with van der Waals surface area (Å²) in [7, 11) is 3.23. The van der Waals surface area contributed by atoms with Gasteiger partial charge < -0.3 is 14.5 Å². The quantitative estimate of drug-likeness (QED) is 0.798. The highest BCUT2D eigenvalue weighted by atomic mass is 16.5. The van der Waals surface area contributed by atoms with Crippen LogP contribution in [0.1, 0.15) is 0 Å². The van der Waals surface area contributed by atoms with Crippen molar-refractivity contribution in [2.75, 3.05) is 14.2 Å². The number of hydrogen-bond acceptors (Lipinski definition) is 4. The molecule has 2 heterocycles. The first-order valence-corrected chi connectivity index (χ1v) is 6.51. The first-order valence-electron chi connectivity index (χ1n) is 6.51. The lowest BCUT2D eigenvalue weighted by Crippen LogP contribution is -1.94. The van der Waals surface area contributed by atoms with Gasteiger partial charge in [-0.2, -0.15) is 0 Å². The van der Waals surface area contributed by atoms with Gasteiger partial charge >= 0.3 is 0 Å². The van der Waals surface area contributed by atoms with Crippen LogP contribution in [0.4, 0.5) is 0 Å². The van der Waals surface area contributed by atoms with Crippen molar-refractivity contribution in [1.29, 1.82) is 0 Å². The van der Waals surface area contributed by atoms with E-state index in [4.69, 9.17) is 9.47 Å². The van der Waals surface area contributed by atoms with Crippen LogP contribution in [0.5, 0.6) is 11.5 Å². The van der Waals surface area contributed by atoms with Crippen LogP contribution in [0, 0.1) is 0 Å². The third-order valence-electron chi connectivity index (χ3n) is 3.17. The molecule has 0 aliphatic carbocycles.